The summed E-state index contributed by atoms with van der Waals surface area (Å²) in [5, 5.41) is 9.21. The lowest BCUT2D eigenvalue weighted by atomic mass is 10.1. The Morgan fingerprint density at radius 2 is 2.12 bits per heavy atom. The number of halogens is 1. The van der Waals surface area contributed by atoms with E-state index in [-0.39, 0.29) is 6.42 Å². The molecule has 0 heterocycles. The van der Waals surface area contributed by atoms with Crippen LogP contribution >= 0.6 is 11.6 Å². The predicted octanol–water partition coefficient (Wildman–Crippen LogP) is 2.81. The van der Waals surface area contributed by atoms with E-state index in [0.29, 0.717) is 10.6 Å². The highest BCUT2D eigenvalue weighted by Gasteiger charge is 2.08. The molecule has 3 nitrogen and oxygen atoms in total. The number of hydrogen-bond donors (Lipinski definition) is 0. The van der Waals surface area contributed by atoms with E-state index in [0.717, 1.165) is 5.56 Å². The fourth-order valence-corrected chi connectivity index (χ4v) is 1.28. The van der Waals surface area contributed by atoms with Crippen molar-refractivity contribution in [1.82, 2.24) is 0 Å². The normalized spacial score (nSPS) is 10.7. The van der Waals surface area contributed by atoms with E-state index in [4.69, 9.17) is 16.9 Å². The van der Waals surface area contributed by atoms with E-state index >= 15 is 0 Å². The Balaban J connectivity index is 2.98. The Hall–Kier alpha value is -1.79. The van der Waals surface area contributed by atoms with Crippen LogP contribution in [-0.4, -0.2) is 13.1 Å². The first-order valence-electron chi connectivity index (χ1n) is 4.58. The second-order valence-corrected chi connectivity index (χ2v) is 3.48. The third-order valence-corrected chi connectivity index (χ3v) is 2.18. The molecule has 0 aromatic heterocycles. The van der Waals surface area contributed by atoms with Gasteiger partial charge in [0.25, 0.3) is 0 Å². The van der Waals surface area contributed by atoms with Crippen LogP contribution in [0.3, 0.4) is 0 Å². The van der Waals surface area contributed by atoms with Gasteiger partial charge in [-0.3, -0.25) is 0 Å². The first kappa shape index (κ1) is 12.3. The van der Waals surface area contributed by atoms with Gasteiger partial charge in [0.05, 0.1) is 25.2 Å². The second kappa shape index (κ2) is 5.94. The Bertz CT molecular complexity index is 443. The zero-order valence-electron chi connectivity index (χ0n) is 8.74. The second-order valence-electron chi connectivity index (χ2n) is 3.05. The molecule has 0 unspecified atom stereocenters. The number of methoxy groups -OCH3 is 1. The van der Waals surface area contributed by atoms with Gasteiger partial charge in [-0.2, -0.15) is 5.26 Å². The van der Waals surface area contributed by atoms with Gasteiger partial charge in [0, 0.05) is 5.02 Å². The van der Waals surface area contributed by atoms with Gasteiger partial charge >= 0.3 is 5.97 Å². The first-order valence-corrected chi connectivity index (χ1v) is 4.96. The molecule has 1 aromatic carbocycles. The number of benzene rings is 1. The smallest absolute Gasteiger partial charge is 0.334 e. The molecular formula is C12H10ClNO2. The van der Waals surface area contributed by atoms with Gasteiger partial charge in [-0.05, 0) is 23.8 Å². The standard InChI is InChI=1S/C12H10ClNO2/c1-16-12(15)10(6-7-14)8-9-2-4-11(13)5-3-9/h2-5,8H,6H2,1H3/b10-8-. The van der Waals surface area contributed by atoms with Crippen LogP contribution < -0.4 is 0 Å². The van der Waals surface area contributed by atoms with Crippen LogP contribution in [-0.2, 0) is 9.53 Å². The molecule has 0 bridgehead atoms. The van der Waals surface area contributed by atoms with Crippen molar-refractivity contribution in [2.24, 2.45) is 0 Å². The summed E-state index contributed by atoms with van der Waals surface area (Å²) in [6.45, 7) is 0. The maximum atomic E-state index is 11.3. The van der Waals surface area contributed by atoms with Gasteiger partial charge in [-0.15, -0.1) is 0 Å². The summed E-state index contributed by atoms with van der Waals surface area (Å²) in [6.07, 6.45) is 1.64. The Labute approximate surface area is 98.9 Å². The summed E-state index contributed by atoms with van der Waals surface area (Å²) in [4.78, 5) is 11.3. The predicted molar refractivity (Wildman–Crippen MR) is 61.7 cm³/mol. The highest BCUT2D eigenvalue weighted by Crippen LogP contribution is 2.14. The van der Waals surface area contributed by atoms with Crippen molar-refractivity contribution in [3.63, 3.8) is 0 Å². The molecular weight excluding hydrogens is 226 g/mol. The van der Waals surface area contributed by atoms with E-state index in [2.05, 4.69) is 4.74 Å². The number of ether oxygens (including phenoxy) is 1. The molecule has 0 N–H and O–H groups in total. The highest BCUT2D eigenvalue weighted by molar-refractivity contribution is 6.30. The topological polar surface area (TPSA) is 50.1 Å². The molecule has 0 aliphatic rings. The average molecular weight is 236 g/mol. The molecule has 0 amide bonds. The minimum absolute atomic E-state index is 0.0231. The molecule has 0 spiro atoms. The molecule has 0 fully saturated rings. The maximum absolute atomic E-state index is 11.3. The molecule has 82 valence electrons. The van der Waals surface area contributed by atoms with Crippen molar-refractivity contribution in [1.29, 1.82) is 5.26 Å². The largest absolute Gasteiger partial charge is 0.466 e. The minimum Gasteiger partial charge on any atom is -0.466 e. The van der Waals surface area contributed by atoms with Crippen molar-refractivity contribution in [3.8, 4) is 6.07 Å². The van der Waals surface area contributed by atoms with Crippen LogP contribution in [0, 0.1) is 11.3 Å². The minimum atomic E-state index is -0.489. The lowest BCUT2D eigenvalue weighted by Crippen LogP contribution is -2.03. The molecule has 1 aromatic rings. The van der Waals surface area contributed by atoms with Gasteiger partial charge in [-0.25, -0.2) is 4.79 Å². The summed E-state index contributed by atoms with van der Waals surface area (Å²) in [7, 11) is 1.29. The van der Waals surface area contributed by atoms with Crippen molar-refractivity contribution < 1.29 is 9.53 Å². The lowest BCUT2D eigenvalue weighted by molar-refractivity contribution is -0.136. The third-order valence-electron chi connectivity index (χ3n) is 1.93. The van der Waals surface area contributed by atoms with E-state index in [9.17, 15) is 4.79 Å². The molecule has 0 radical (unpaired) electrons. The number of rotatable bonds is 3. The molecule has 0 saturated carbocycles. The molecule has 4 heteroatoms. The summed E-state index contributed by atoms with van der Waals surface area (Å²) in [6, 6.07) is 8.89. The third kappa shape index (κ3) is 3.41. The monoisotopic (exact) mass is 235 g/mol. The van der Waals surface area contributed by atoms with E-state index in [1.165, 1.54) is 7.11 Å². The Kier molecular flexibility index (Phi) is 4.56. The molecule has 0 aliphatic heterocycles. The summed E-state index contributed by atoms with van der Waals surface area (Å²) >= 11 is 5.73. The fraction of sp³-hybridized carbons (Fsp3) is 0.167. The highest BCUT2D eigenvalue weighted by atomic mass is 35.5. The first-order chi connectivity index (χ1) is 7.67. The van der Waals surface area contributed by atoms with Crippen molar-refractivity contribution >= 4 is 23.6 Å². The van der Waals surface area contributed by atoms with Crippen LogP contribution in [0.15, 0.2) is 29.8 Å². The summed E-state index contributed by atoms with van der Waals surface area (Å²) in [5.41, 5.74) is 1.13. The van der Waals surface area contributed by atoms with E-state index in [1.54, 1.807) is 30.3 Å². The number of nitrogens with zero attached hydrogens (tertiary/aromatic N) is 1. The number of nitriles is 1. The van der Waals surface area contributed by atoms with E-state index in [1.807, 2.05) is 6.07 Å². The van der Waals surface area contributed by atoms with Crippen LogP contribution in [0.2, 0.25) is 5.02 Å². The van der Waals surface area contributed by atoms with Gasteiger partial charge in [0.2, 0.25) is 0 Å². The maximum Gasteiger partial charge on any atom is 0.334 e. The lowest BCUT2D eigenvalue weighted by Gasteiger charge is -2.01. The average Bonchev–Trinajstić information content (AvgIpc) is 2.30. The fourth-order valence-electron chi connectivity index (χ4n) is 1.16. The van der Waals surface area contributed by atoms with Gasteiger partial charge < -0.3 is 4.74 Å². The van der Waals surface area contributed by atoms with E-state index < -0.39 is 5.97 Å². The number of hydrogen-bond acceptors (Lipinski definition) is 3. The van der Waals surface area contributed by atoms with Crippen molar-refractivity contribution in [3.05, 3.63) is 40.4 Å². The molecule has 16 heavy (non-hydrogen) atoms. The van der Waals surface area contributed by atoms with Crippen molar-refractivity contribution in [2.45, 2.75) is 6.42 Å². The number of esters is 1. The van der Waals surface area contributed by atoms with Crippen LogP contribution in [0.1, 0.15) is 12.0 Å². The summed E-state index contributed by atoms with van der Waals surface area (Å²) < 4.78 is 4.58. The van der Waals surface area contributed by atoms with Gasteiger partial charge in [0.15, 0.2) is 0 Å². The molecule has 0 atom stereocenters. The number of carbonyl (C=O) groups is 1. The Morgan fingerprint density at radius 3 is 2.62 bits per heavy atom. The van der Waals surface area contributed by atoms with Crippen LogP contribution in [0.5, 0.6) is 0 Å². The zero-order valence-corrected chi connectivity index (χ0v) is 9.49. The SMILES string of the molecule is COC(=O)/C(=C\c1ccc(Cl)cc1)CC#N. The number of carbonyl (C=O) groups excluding carboxylic acids is 1. The van der Waals surface area contributed by atoms with Crippen molar-refractivity contribution in [2.75, 3.05) is 7.11 Å². The van der Waals surface area contributed by atoms with Crippen LogP contribution in [0.4, 0.5) is 0 Å². The molecule has 0 saturated heterocycles. The molecule has 1 rings (SSSR count). The Morgan fingerprint density at radius 1 is 1.50 bits per heavy atom. The molecule has 0 aliphatic carbocycles. The summed E-state index contributed by atoms with van der Waals surface area (Å²) in [5.74, 6) is -0.489. The zero-order chi connectivity index (χ0) is 12.0. The quantitative estimate of drug-likeness (QED) is 0.598. The van der Waals surface area contributed by atoms with Gasteiger partial charge in [0.1, 0.15) is 0 Å². The van der Waals surface area contributed by atoms with Crippen LogP contribution in [0.25, 0.3) is 6.08 Å². The van der Waals surface area contributed by atoms with Gasteiger partial charge in [-0.1, -0.05) is 23.7 Å².